The molecule has 0 saturated carbocycles. The summed E-state index contributed by atoms with van der Waals surface area (Å²) in [4.78, 5) is 9.07. The average molecular weight is 459 g/mol. The fourth-order valence-electron chi connectivity index (χ4n) is 5.40. The van der Waals surface area contributed by atoms with E-state index in [0.29, 0.717) is 0 Å². The summed E-state index contributed by atoms with van der Waals surface area (Å²) < 4.78 is 0. The van der Waals surface area contributed by atoms with Crippen LogP contribution >= 0.6 is 0 Å². The second-order valence-corrected chi connectivity index (χ2v) is 9.01. The van der Waals surface area contributed by atoms with Crippen molar-refractivity contribution >= 4 is 32.6 Å². The smallest absolute Gasteiger partial charge is 0.0965 e. The lowest BCUT2D eigenvalue weighted by Crippen LogP contribution is -1.91. The van der Waals surface area contributed by atoms with Gasteiger partial charge in [0.15, 0.2) is 0 Å². The van der Waals surface area contributed by atoms with E-state index in [9.17, 15) is 0 Å². The van der Waals surface area contributed by atoms with E-state index in [2.05, 4.69) is 119 Å². The molecule has 0 radical (unpaired) electrons. The van der Waals surface area contributed by atoms with Crippen LogP contribution in [0.2, 0.25) is 0 Å². The van der Waals surface area contributed by atoms with Crippen LogP contribution in [0.1, 0.15) is 0 Å². The summed E-state index contributed by atoms with van der Waals surface area (Å²) in [7, 11) is 0. The number of hydrogen-bond donors (Lipinski definition) is 0. The molecule has 168 valence electrons. The molecule has 0 N–H and O–H groups in total. The molecule has 0 amide bonds. The first-order chi connectivity index (χ1) is 17.9. The van der Waals surface area contributed by atoms with E-state index in [-0.39, 0.29) is 0 Å². The van der Waals surface area contributed by atoms with Crippen LogP contribution in [0.3, 0.4) is 0 Å². The van der Waals surface area contributed by atoms with Crippen LogP contribution < -0.4 is 0 Å². The number of para-hydroxylation sites is 1. The highest BCUT2D eigenvalue weighted by Crippen LogP contribution is 2.43. The molecule has 7 rings (SSSR count). The van der Waals surface area contributed by atoms with Gasteiger partial charge in [-0.3, -0.25) is 9.97 Å². The minimum Gasteiger partial charge on any atom is -0.253 e. The van der Waals surface area contributed by atoms with Gasteiger partial charge in [0, 0.05) is 18.0 Å². The van der Waals surface area contributed by atoms with Crippen molar-refractivity contribution in [2.75, 3.05) is 0 Å². The van der Waals surface area contributed by atoms with Crippen LogP contribution in [0.5, 0.6) is 0 Å². The Kier molecular flexibility index (Phi) is 4.82. The van der Waals surface area contributed by atoms with Crippen LogP contribution in [-0.4, -0.2) is 9.97 Å². The van der Waals surface area contributed by atoms with Gasteiger partial charge in [0.25, 0.3) is 0 Å². The van der Waals surface area contributed by atoms with E-state index >= 15 is 0 Å². The molecular formula is C34H22N2. The van der Waals surface area contributed by atoms with E-state index in [1.165, 1.54) is 43.8 Å². The monoisotopic (exact) mass is 458 g/mol. The van der Waals surface area contributed by atoms with E-state index in [4.69, 9.17) is 0 Å². The SMILES string of the molecule is c1ccc(-c2c3ccccc3c(-c3ccc(-c4cccc5nccnc45)cc3)c3ccccc23)cc1. The summed E-state index contributed by atoms with van der Waals surface area (Å²) in [6, 6.07) is 43.3. The van der Waals surface area contributed by atoms with Gasteiger partial charge in [0.1, 0.15) is 0 Å². The zero-order valence-electron chi connectivity index (χ0n) is 19.6. The van der Waals surface area contributed by atoms with Crippen LogP contribution in [-0.2, 0) is 0 Å². The molecule has 2 heteroatoms. The van der Waals surface area contributed by atoms with E-state index in [0.717, 1.165) is 22.2 Å². The Morgan fingerprint density at radius 1 is 0.361 bits per heavy atom. The molecule has 7 aromatic rings. The van der Waals surface area contributed by atoms with Crippen LogP contribution in [0.4, 0.5) is 0 Å². The minimum atomic E-state index is 0.910. The van der Waals surface area contributed by atoms with Gasteiger partial charge in [0.05, 0.1) is 11.0 Å². The molecule has 0 fully saturated rings. The summed E-state index contributed by atoms with van der Waals surface area (Å²) in [6.45, 7) is 0. The summed E-state index contributed by atoms with van der Waals surface area (Å²) >= 11 is 0. The lowest BCUT2D eigenvalue weighted by Gasteiger charge is -2.18. The number of hydrogen-bond acceptors (Lipinski definition) is 2. The molecule has 2 nitrogen and oxygen atoms in total. The van der Waals surface area contributed by atoms with Crippen molar-refractivity contribution < 1.29 is 0 Å². The van der Waals surface area contributed by atoms with Gasteiger partial charge in [-0.15, -0.1) is 0 Å². The molecule has 0 aliphatic carbocycles. The fourth-order valence-corrected chi connectivity index (χ4v) is 5.40. The molecule has 0 aliphatic heterocycles. The predicted molar refractivity (Wildman–Crippen MR) is 151 cm³/mol. The number of fused-ring (bicyclic) bond motifs is 3. The third-order valence-electron chi connectivity index (χ3n) is 6.98. The topological polar surface area (TPSA) is 25.8 Å². The van der Waals surface area contributed by atoms with Crippen molar-refractivity contribution in [3.8, 4) is 33.4 Å². The molecule has 0 aliphatic rings. The van der Waals surface area contributed by atoms with Gasteiger partial charge in [-0.2, -0.15) is 0 Å². The van der Waals surface area contributed by atoms with Crippen molar-refractivity contribution in [2.24, 2.45) is 0 Å². The highest BCUT2D eigenvalue weighted by atomic mass is 14.8. The van der Waals surface area contributed by atoms with E-state index in [1.54, 1.807) is 12.4 Å². The summed E-state index contributed by atoms with van der Waals surface area (Å²) in [5.41, 5.74) is 9.08. The van der Waals surface area contributed by atoms with Gasteiger partial charge in [0.2, 0.25) is 0 Å². The molecule has 0 spiro atoms. The Morgan fingerprint density at radius 2 is 0.861 bits per heavy atom. The maximum atomic E-state index is 4.60. The molecule has 1 aromatic heterocycles. The Morgan fingerprint density at radius 3 is 1.47 bits per heavy atom. The molecule has 6 aromatic carbocycles. The first-order valence-electron chi connectivity index (χ1n) is 12.2. The predicted octanol–water partition coefficient (Wildman–Crippen LogP) is 8.94. The lowest BCUT2D eigenvalue weighted by atomic mass is 9.86. The van der Waals surface area contributed by atoms with Gasteiger partial charge in [-0.1, -0.05) is 115 Å². The molecule has 0 saturated heterocycles. The highest BCUT2D eigenvalue weighted by Gasteiger charge is 2.16. The first kappa shape index (κ1) is 20.5. The Bertz CT molecular complexity index is 1810. The molecule has 0 atom stereocenters. The van der Waals surface area contributed by atoms with Gasteiger partial charge >= 0.3 is 0 Å². The lowest BCUT2D eigenvalue weighted by molar-refractivity contribution is 1.29. The van der Waals surface area contributed by atoms with Crippen molar-refractivity contribution in [3.05, 3.63) is 134 Å². The zero-order valence-corrected chi connectivity index (χ0v) is 19.6. The van der Waals surface area contributed by atoms with Crippen molar-refractivity contribution in [1.82, 2.24) is 9.97 Å². The Hall–Kier alpha value is -4.82. The van der Waals surface area contributed by atoms with Crippen molar-refractivity contribution in [3.63, 3.8) is 0 Å². The van der Waals surface area contributed by atoms with Gasteiger partial charge < -0.3 is 0 Å². The summed E-state index contributed by atoms with van der Waals surface area (Å²) in [5.74, 6) is 0. The second-order valence-electron chi connectivity index (χ2n) is 9.01. The Labute approximate surface area is 209 Å². The maximum Gasteiger partial charge on any atom is 0.0965 e. The standard InChI is InChI=1S/C34H22N2/c1-2-9-24(10-3-1)32-27-11-4-6-13-29(27)33(30-14-7-5-12-28(30)32)25-19-17-23(18-20-25)26-15-8-16-31-34(26)36-22-21-35-31/h1-22H. The third kappa shape index (κ3) is 3.27. The van der Waals surface area contributed by atoms with Crippen molar-refractivity contribution in [1.29, 1.82) is 0 Å². The quantitative estimate of drug-likeness (QED) is 0.247. The molecule has 36 heavy (non-hydrogen) atoms. The van der Waals surface area contributed by atoms with Crippen LogP contribution in [0.15, 0.2) is 134 Å². The van der Waals surface area contributed by atoms with E-state index in [1.807, 2.05) is 12.1 Å². The highest BCUT2D eigenvalue weighted by molar-refractivity contribution is 6.21. The minimum absolute atomic E-state index is 0.910. The molecule has 0 unspecified atom stereocenters. The average Bonchev–Trinajstić information content (AvgIpc) is 2.96. The first-order valence-corrected chi connectivity index (χ1v) is 12.2. The molecule has 1 heterocycles. The van der Waals surface area contributed by atoms with Crippen molar-refractivity contribution in [2.45, 2.75) is 0 Å². The van der Waals surface area contributed by atoms with E-state index < -0.39 is 0 Å². The molecular weight excluding hydrogens is 436 g/mol. The fraction of sp³-hybridized carbons (Fsp3) is 0. The summed E-state index contributed by atoms with van der Waals surface area (Å²) in [6.07, 6.45) is 3.50. The van der Waals surface area contributed by atoms with Crippen LogP contribution in [0.25, 0.3) is 66.0 Å². The number of rotatable bonds is 3. The number of benzene rings is 6. The number of nitrogens with zero attached hydrogens (tertiary/aromatic N) is 2. The Balaban J connectivity index is 1.47. The second kappa shape index (κ2) is 8.44. The largest absolute Gasteiger partial charge is 0.253 e. The summed E-state index contributed by atoms with van der Waals surface area (Å²) in [5, 5.41) is 5.06. The van der Waals surface area contributed by atoms with Crippen LogP contribution in [0, 0.1) is 0 Å². The van der Waals surface area contributed by atoms with Gasteiger partial charge in [-0.05, 0) is 55.4 Å². The number of aromatic nitrogens is 2. The third-order valence-corrected chi connectivity index (χ3v) is 6.98. The maximum absolute atomic E-state index is 4.60. The normalized spacial score (nSPS) is 11.3. The zero-order chi connectivity index (χ0) is 23.9. The van der Waals surface area contributed by atoms with Gasteiger partial charge in [-0.25, -0.2) is 0 Å². The molecule has 0 bridgehead atoms.